The fraction of sp³-hybridized carbons (Fsp3) is 0. The van der Waals surface area contributed by atoms with Crippen LogP contribution in [0.25, 0.3) is 44.7 Å². The minimum atomic E-state index is 0.681. The summed E-state index contributed by atoms with van der Waals surface area (Å²) in [4.78, 5) is 0. The fourth-order valence-corrected chi connectivity index (χ4v) is 3.57. The number of furan rings is 1. The molecule has 6 rings (SSSR count). The first-order valence-electron chi connectivity index (χ1n) is 8.65. The van der Waals surface area contributed by atoms with E-state index in [9.17, 15) is 0 Å². The first-order chi connectivity index (χ1) is 13.4. The van der Waals surface area contributed by atoms with E-state index in [1.54, 1.807) is 6.26 Å². The molecule has 0 radical (unpaired) electrons. The first kappa shape index (κ1) is 14.3. The molecule has 0 aliphatic rings. The van der Waals surface area contributed by atoms with Crippen LogP contribution in [-0.2, 0) is 0 Å². The molecule has 27 heavy (non-hydrogen) atoms. The van der Waals surface area contributed by atoms with Gasteiger partial charge < -0.3 is 4.42 Å². The molecule has 2 aromatic carbocycles. The lowest BCUT2D eigenvalue weighted by atomic mass is 10.1. The van der Waals surface area contributed by atoms with Crippen molar-refractivity contribution in [2.24, 2.45) is 0 Å². The lowest BCUT2D eigenvalue weighted by Gasteiger charge is -2.04. The summed E-state index contributed by atoms with van der Waals surface area (Å²) in [6, 6.07) is 22.0. The van der Waals surface area contributed by atoms with Gasteiger partial charge in [0.05, 0.1) is 22.9 Å². The minimum absolute atomic E-state index is 0.681. The minimum Gasteiger partial charge on any atom is -0.461 e. The molecule has 128 valence electrons. The van der Waals surface area contributed by atoms with Crippen LogP contribution in [0.1, 0.15) is 0 Å². The summed E-state index contributed by atoms with van der Waals surface area (Å²) in [5.41, 5.74) is 3.66. The maximum atomic E-state index is 5.58. The van der Waals surface area contributed by atoms with Crippen LogP contribution < -0.4 is 0 Å². The van der Waals surface area contributed by atoms with Crippen molar-refractivity contribution in [1.82, 2.24) is 24.4 Å². The van der Waals surface area contributed by atoms with Gasteiger partial charge in [-0.3, -0.25) is 4.40 Å². The monoisotopic (exact) mass is 351 g/mol. The Labute approximate surface area is 153 Å². The quantitative estimate of drug-likeness (QED) is 0.461. The van der Waals surface area contributed by atoms with Crippen LogP contribution >= 0.6 is 0 Å². The Bertz CT molecular complexity index is 1410. The Morgan fingerprint density at radius 3 is 2.48 bits per heavy atom. The second-order valence-electron chi connectivity index (χ2n) is 6.35. The molecule has 0 N–H and O–H groups in total. The molecule has 6 nitrogen and oxygen atoms in total. The van der Waals surface area contributed by atoms with Gasteiger partial charge in [-0.1, -0.05) is 36.4 Å². The lowest BCUT2D eigenvalue weighted by Crippen LogP contribution is -1.93. The van der Waals surface area contributed by atoms with Crippen LogP contribution in [0.2, 0.25) is 0 Å². The topological polar surface area (TPSA) is 61.2 Å². The lowest BCUT2D eigenvalue weighted by molar-refractivity contribution is 0.577. The van der Waals surface area contributed by atoms with Gasteiger partial charge in [0.15, 0.2) is 11.4 Å². The number of para-hydroxylation sites is 2. The van der Waals surface area contributed by atoms with Gasteiger partial charge in [0, 0.05) is 11.6 Å². The zero-order valence-corrected chi connectivity index (χ0v) is 14.1. The molecule has 0 amide bonds. The van der Waals surface area contributed by atoms with Crippen LogP contribution in [0.3, 0.4) is 0 Å². The van der Waals surface area contributed by atoms with Crippen molar-refractivity contribution in [2.75, 3.05) is 0 Å². The number of benzene rings is 2. The second-order valence-corrected chi connectivity index (χ2v) is 6.35. The van der Waals surface area contributed by atoms with E-state index in [4.69, 9.17) is 9.52 Å². The largest absolute Gasteiger partial charge is 0.461 e. The number of hydrogen-bond donors (Lipinski definition) is 0. The van der Waals surface area contributed by atoms with E-state index in [2.05, 4.69) is 22.3 Å². The van der Waals surface area contributed by atoms with Crippen molar-refractivity contribution in [1.29, 1.82) is 0 Å². The van der Waals surface area contributed by atoms with E-state index in [1.807, 2.05) is 69.9 Å². The van der Waals surface area contributed by atoms with Gasteiger partial charge >= 0.3 is 0 Å². The number of pyridine rings is 1. The van der Waals surface area contributed by atoms with Gasteiger partial charge in [0.2, 0.25) is 5.82 Å². The third-order valence-electron chi connectivity index (χ3n) is 4.78. The Morgan fingerprint density at radius 1 is 0.778 bits per heavy atom. The summed E-state index contributed by atoms with van der Waals surface area (Å²) in [6.07, 6.45) is 3.65. The zero-order chi connectivity index (χ0) is 17.8. The molecule has 4 aromatic heterocycles. The van der Waals surface area contributed by atoms with Crippen LogP contribution in [-0.4, -0.2) is 24.4 Å². The second kappa shape index (κ2) is 5.28. The van der Waals surface area contributed by atoms with Crippen LogP contribution in [0.5, 0.6) is 0 Å². The maximum Gasteiger partial charge on any atom is 0.204 e. The number of nitrogens with zero attached hydrogens (tertiary/aromatic N) is 5. The van der Waals surface area contributed by atoms with E-state index in [0.717, 1.165) is 33.1 Å². The Hall–Kier alpha value is -3.93. The van der Waals surface area contributed by atoms with Crippen molar-refractivity contribution in [2.45, 2.75) is 0 Å². The summed E-state index contributed by atoms with van der Waals surface area (Å²) in [5.74, 6) is 1.36. The highest BCUT2D eigenvalue weighted by atomic mass is 16.3. The molecule has 0 saturated heterocycles. The van der Waals surface area contributed by atoms with Crippen molar-refractivity contribution in [3.63, 3.8) is 0 Å². The van der Waals surface area contributed by atoms with Crippen LogP contribution in [0, 0.1) is 0 Å². The molecule has 0 unspecified atom stereocenters. The first-order valence-corrected chi connectivity index (χ1v) is 8.65. The third-order valence-corrected chi connectivity index (χ3v) is 4.78. The standard InChI is InChI=1S/C21H13N5O/c1-2-7-14(8-3-1)25-13-16-19(24-25)15-9-4-5-10-17(15)26-20(16)22-23-21(26)18-11-6-12-27-18/h1-13H. The summed E-state index contributed by atoms with van der Waals surface area (Å²) in [6.45, 7) is 0. The van der Waals surface area contributed by atoms with Gasteiger partial charge in [-0.15, -0.1) is 10.2 Å². The summed E-state index contributed by atoms with van der Waals surface area (Å²) in [7, 11) is 0. The Kier molecular flexibility index (Phi) is 2.79. The van der Waals surface area contributed by atoms with Crippen molar-refractivity contribution in [3.8, 4) is 17.3 Å². The van der Waals surface area contributed by atoms with Gasteiger partial charge in [0.25, 0.3) is 0 Å². The van der Waals surface area contributed by atoms with Crippen molar-refractivity contribution >= 4 is 27.5 Å². The highest BCUT2D eigenvalue weighted by Gasteiger charge is 2.19. The molecular weight excluding hydrogens is 338 g/mol. The Morgan fingerprint density at radius 2 is 1.63 bits per heavy atom. The summed E-state index contributed by atoms with van der Waals surface area (Å²) in [5, 5.41) is 15.7. The molecule has 0 atom stereocenters. The van der Waals surface area contributed by atoms with Gasteiger partial charge in [-0.25, -0.2) is 4.68 Å². The molecule has 0 aliphatic heterocycles. The molecule has 0 saturated carbocycles. The highest BCUT2D eigenvalue weighted by molar-refractivity contribution is 6.10. The predicted octanol–water partition coefficient (Wildman–Crippen LogP) is 4.48. The Balaban J connectivity index is 1.78. The van der Waals surface area contributed by atoms with E-state index in [-0.39, 0.29) is 0 Å². The molecule has 0 spiro atoms. The molecule has 0 fully saturated rings. The van der Waals surface area contributed by atoms with Crippen molar-refractivity contribution < 1.29 is 4.42 Å². The number of rotatable bonds is 2. The van der Waals surface area contributed by atoms with Crippen LogP contribution in [0.4, 0.5) is 0 Å². The van der Waals surface area contributed by atoms with Gasteiger partial charge in [-0.2, -0.15) is 5.10 Å². The number of hydrogen-bond acceptors (Lipinski definition) is 4. The van der Waals surface area contributed by atoms with Gasteiger partial charge in [0.1, 0.15) is 5.52 Å². The molecule has 6 aromatic rings. The fourth-order valence-electron chi connectivity index (χ4n) is 3.57. The van der Waals surface area contributed by atoms with Gasteiger partial charge in [-0.05, 0) is 30.3 Å². The summed E-state index contributed by atoms with van der Waals surface area (Å²) < 4.78 is 9.50. The third kappa shape index (κ3) is 1.98. The van der Waals surface area contributed by atoms with Crippen molar-refractivity contribution in [3.05, 3.63) is 79.2 Å². The predicted molar refractivity (Wildman–Crippen MR) is 103 cm³/mol. The van der Waals surface area contributed by atoms with E-state index >= 15 is 0 Å². The van der Waals surface area contributed by atoms with E-state index < -0.39 is 0 Å². The normalized spacial score (nSPS) is 11.7. The molecule has 0 bridgehead atoms. The van der Waals surface area contributed by atoms with E-state index in [1.165, 1.54) is 0 Å². The zero-order valence-electron chi connectivity index (χ0n) is 14.1. The molecular formula is C21H13N5O. The molecule has 6 heteroatoms. The maximum absolute atomic E-state index is 5.58. The molecule has 4 heterocycles. The van der Waals surface area contributed by atoms with Crippen LogP contribution in [0.15, 0.2) is 83.6 Å². The smallest absolute Gasteiger partial charge is 0.204 e. The number of fused-ring (bicyclic) bond motifs is 6. The average molecular weight is 351 g/mol. The summed E-state index contributed by atoms with van der Waals surface area (Å²) >= 11 is 0. The SMILES string of the molecule is c1ccc(-n2cc3c(n2)c2ccccc2n2c(-c4ccco4)nnc32)cc1. The van der Waals surface area contributed by atoms with E-state index in [0.29, 0.717) is 11.6 Å². The molecule has 0 aliphatic carbocycles. The highest BCUT2D eigenvalue weighted by Crippen LogP contribution is 2.31. The number of aromatic nitrogens is 5. The average Bonchev–Trinajstić information content (AvgIpc) is 3.46.